The summed E-state index contributed by atoms with van der Waals surface area (Å²) < 4.78 is 5.48. The molecule has 0 fully saturated rings. The Morgan fingerprint density at radius 1 is 0.368 bits per heavy atom. The molecule has 0 aliphatic carbocycles. The number of carbonyl (C=O) groups excluding carboxylic acids is 2. The van der Waals surface area contributed by atoms with Gasteiger partial charge in [-0.15, -0.1) is 0 Å². The number of hydrogen-bond acceptors (Lipinski definition) is 5. The summed E-state index contributed by atoms with van der Waals surface area (Å²) in [5.74, 6) is -0.0583. The molecule has 0 saturated heterocycles. The summed E-state index contributed by atoms with van der Waals surface area (Å²) in [6.45, 7) is 4.87. The molecule has 0 aromatic rings. The molecule has 0 saturated carbocycles. The van der Waals surface area contributed by atoms with Crippen molar-refractivity contribution in [2.45, 2.75) is 373 Å². The Labute approximate surface area is 474 Å². The summed E-state index contributed by atoms with van der Waals surface area (Å²) in [5.41, 5.74) is 0. The predicted octanol–water partition coefficient (Wildman–Crippen LogP) is 21.7. The number of hydrogen-bond donors (Lipinski definition) is 3. The molecule has 2 atom stereocenters. The van der Waals surface area contributed by atoms with Gasteiger partial charge in [-0.2, -0.15) is 0 Å². The number of nitrogens with one attached hydrogen (secondary N) is 1. The first-order valence-electron chi connectivity index (χ1n) is 33.9. The van der Waals surface area contributed by atoms with Crippen molar-refractivity contribution in [3.8, 4) is 0 Å². The molecule has 0 heterocycles. The molecule has 0 radical (unpaired) electrons. The van der Waals surface area contributed by atoms with Gasteiger partial charge < -0.3 is 20.3 Å². The highest BCUT2D eigenvalue weighted by Crippen LogP contribution is 2.17. The van der Waals surface area contributed by atoms with E-state index in [9.17, 15) is 19.8 Å². The van der Waals surface area contributed by atoms with Crippen LogP contribution in [0.4, 0.5) is 0 Å². The van der Waals surface area contributed by atoms with Gasteiger partial charge in [-0.25, -0.2) is 0 Å². The third-order valence-electron chi connectivity index (χ3n) is 15.6. The molecular weight excluding hydrogens is 935 g/mol. The lowest BCUT2D eigenvalue weighted by molar-refractivity contribution is -0.143. The Morgan fingerprint density at radius 3 is 1.03 bits per heavy atom. The van der Waals surface area contributed by atoms with Crippen molar-refractivity contribution in [3.05, 3.63) is 48.6 Å². The Bertz CT molecular complexity index is 1270. The van der Waals surface area contributed by atoms with Crippen molar-refractivity contribution < 1.29 is 24.5 Å². The monoisotopic (exact) mass is 1070 g/mol. The van der Waals surface area contributed by atoms with Crippen LogP contribution in [-0.4, -0.2) is 47.4 Å². The molecule has 0 aromatic heterocycles. The highest BCUT2D eigenvalue weighted by Gasteiger charge is 2.18. The molecule has 3 N–H and O–H groups in total. The number of ether oxygens (including phenoxy) is 1. The normalized spacial score (nSPS) is 12.8. The van der Waals surface area contributed by atoms with E-state index in [2.05, 4.69) is 55.6 Å². The number of aliphatic hydroxyl groups excluding tert-OH is 2. The molecule has 0 rings (SSSR count). The first-order chi connectivity index (χ1) is 37.5. The molecule has 2 unspecified atom stereocenters. The number of aliphatic hydroxyl groups is 2. The molecule has 446 valence electrons. The lowest BCUT2D eigenvalue weighted by Crippen LogP contribution is -2.45. The minimum absolute atomic E-state index is 0.00906. The van der Waals surface area contributed by atoms with Crippen LogP contribution < -0.4 is 5.32 Å². The molecule has 0 aliphatic rings. The molecule has 0 aliphatic heterocycles. The van der Waals surface area contributed by atoms with E-state index in [0.717, 1.165) is 51.4 Å². The first-order valence-corrected chi connectivity index (χ1v) is 33.9. The maximum Gasteiger partial charge on any atom is 0.305 e. The predicted molar refractivity (Wildman–Crippen MR) is 333 cm³/mol. The summed E-state index contributed by atoms with van der Waals surface area (Å²) in [5, 5.41) is 23.0. The third kappa shape index (κ3) is 61.0. The fourth-order valence-electron chi connectivity index (χ4n) is 10.4. The van der Waals surface area contributed by atoms with E-state index >= 15 is 0 Å². The van der Waals surface area contributed by atoms with Crippen molar-refractivity contribution in [2.24, 2.45) is 0 Å². The van der Waals surface area contributed by atoms with E-state index in [0.29, 0.717) is 19.4 Å². The highest BCUT2D eigenvalue weighted by atomic mass is 16.5. The van der Waals surface area contributed by atoms with Crippen molar-refractivity contribution in [1.82, 2.24) is 5.32 Å². The van der Waals surface area contributed by atoms with E-state index < -0.39 is 12.1 Å². The largest absolute Gasteiger partial charge is 0.466 e. The van der Waals surface area contributed by atoms with Gasteiger partial charge in [0.2, 0.25) is 5.91 Å². The van der Waals surface area contributed by atoms with Crippen molar-refractivity contribution in [2.75, 3.05) is 13.2 Å². The van der Waals surface area contributed by atoms with Crippen LogP contribution in [0.1, 0.15) is 361 Å². The van der Waals surface area contributed by atoms with E-state index in [1.54, 1.807) is 6.08 Å². The second-order valence-electron chi connectivity index (χ2n) is 23.1. The number of rotatable bonds is 63. The van der Waals surface area contributed by atoms with Gasteiger partial charge in [0.15, 0.2) is 0 Å². The van der Waals surface area contributed by atoms with E-state index in [4.69, 9.17) is 4.74 Å². The zero-order chi connectivity index (χ0) is 55.0. The van der Waals surface area contributed by atoms with Crippen molar-refractivity contribution in [3.63, 3.8) is 0 Å². The molecule has 0 bridgehead atoms. The Kier molecular flexibility index (Phi) is 63.5. The minimum atomic E-state index is -0.840. The number of unbranched alkanes of at least 4 members (excludes halogenated alkanes) is 46. The molecule has 0 aromatic carbocycles. The van der Waals surface area contributed by atoms with Gasteiger partial charge in [0.25, 0.3) is 0 Å². The van der Waals surface area contributed by atoms with Crippen LogP contribution in [0.5, 0.6) is 0 Å². The highest BCUT2D eigenvalue weighted by molar-refractivity contribution is 5.76. The quantitative estimate of drug-likeness (QED) is 0.0320. The standard InChI is InChI=1S/C70H131NO5/c1-3-5-7-9-11-13-14-40-44-48-52-56-60-64-70(75)76-65-61-57-53-49-45-42-39-37-35-33-31-29-27-25-23-21-19-17-15-16-18-20-22-24-26-28-30-32-34-36-38-41-43-47-51-55-59-63-69(74)71-67(66-72)68(73)62-58-54-50-46-12-10-8-6-4-2/h13-15,17,21,23,58,62,67-68,72-73H,3-12,16,18-20,22,24-57,59-61,63-66H2,1-2H3,(H,71,74)/b14-13-,17-15-,23-21-,62-58+. The fourth-order valence-corrected chi connectivity index (χ4v) is 10.4. The topological polar surface area (TPSA) is 95.9 Å². The number of carbonyl (C=O) groups is 2. The van der Waals surface area contributed by atoms with Crippen LogP contribution in [0, 0.1) is 0 Å². The summed E-state index contributed by atoms with van der Waals surface area (Å²) in [4.78, 5) is 24.4. The third-order valence-corrected chi connectivity index (χ3v) is 15.6. The second-order valence-corrected chi connectivity index (χ2v) is 23.1. The van der Waals surface area contributed by atoms with Gasteiger partial charge in [0.05, 0.1) is 25.4 Å². The maximum atomic E-state index is 12.4. The number of esters is 1. The molecule has 1 amide bonds. The summed E-state index contributed by atoms with van der Waals surface area (Å²) in [6, 6.07) is -0.624. The molecular formula is C70H131NO5. The number of allylic oxidation sites excluding steroid dienone is 7. The van der Waals surface area contributed by atoms with Gasteiger partial charge in [-0.1, -0.05) is 306 Å². The second kappa shape index (κ2) is 65.3. The number of amides is 1. The molecule has 0 spiro atoms. The van der Waals surface area contributed by atoms with Gasteiger partial charge in [0.1, 0.15) is 0 Å². The van der Waals surface area contributed by atoms with Crippen LogP contribution in [0.2, 0.25) is 0 Å². The summed E-state index contributed by atoms with van der Waals surface area (Å²) in [6.07, 6.45) is 84.9. The van der Waals surface area contributed by atoms with Crippen molar-refractivity contribution >= 4 is 11.9 Å². The zero-order valence-electron chi connectivity index (χ0n) is 51.0. The van der Waals surface area contributed by atoms with Gasteiger partial charge in [-0.3, -0.25) is 9.59 Å². The Morgan fingerprint density at radius 2 is 0.658 bits per heavy atom. The first kappa shape index (κ1) is 73.8. The van der Waals surface area contributed by atoms with Crippen molar-refractivity contribution in [1.29, 1.82) is 0 Å². The Hall–Kier alpha value is -2.18. The Balaban J connectivity index is 3.35. The van der Waals surface area contributed by atoms with Crippen LogP contribution >= 0.6 is 0 Å². The summed E-state index contributed by atoms with van der Waals surface area (Å²) in [7, 11) is 0. The smallest absolute Gasteiger partial charge is 0.305 e. The summed E-state index contributed by atoms with van der Waals surface area (Å²) >= 11 is 0. The molecule has 6 nitrogen and oxygen atoms in total. The van der Waals surface area contributed by atoms with E-state index in [-0.39, 0.29) is 18.5 Å². The SMILES string of the molecule is CCCCCC/C=C\CCCCCCCC(=O)OCCCCCCCCCCCCCCC/C=C\C/C=C\CCCCCCCCCCCCCCCCCCCC(=O)NC(CO)C(O)/C=C/CCCCCCCCC. The van der Waals surface area contributed by atoms with Crippen LogP contribution in [0.15, 0.2) is 48.6 Å². The molecule has 6 heteroatoms. The van der Waals surface area contributed by atoms with Gasteiger partial charge >= 0.3 is 5.97 Å². The van der Waals surface area contributed by atoms with E-state index in [1.807, 2.05) is 6.08 Å². The minimum Gasteiger partial charge on any atom is -0.466 e. The van der Waals surface area contributed by atoms with Gasteiger partial charge in [0, 0.05) is 12.8 Å². The van der Waals surface area contributed by atoms with Crippen LogP contribution in [-0.2, 0) is 14.3 Å². The molecule has 76 heavy (non-hydrogen) atoms. The van der Waals surface area contributed by atoms with Gasteiger partial charge in [-0.05, 0) is 89.9 Å². The van der Waals surface area contributed by atoms with Crippen LogP contribution in [0.25, 0.3) is 0 Å². The zero-order valence-corrected chi connectivity index (χ0v) is 51.0. The fraction of sp³-hybridized carbons (Fsp3) is 0.857. The maximum absolute atomic E-state index is 12.4. The average Bonchev–Trinajstić information content (AvgIpc) is 3.42. The van der Waals surface area contributed by atoms with E-state index in [1.165, 1.54) is 283 Å². The van der Waals surface area contributed by atoms with Crippen LogP contribution in [0.3, 0.4) is 0 Å². The average molecular weight is 1070 g/mol. The lowest BCUT2D eigenvalue weighted by atomic mass is 10.0. The lowest BCUT2D eigenvalue weighted by Gasteiger charge is -2.20.